The molecule has 1 saturated heterocycles. The van der Waals surface area contributed by atoms with Crippen LogP contribution in [0.4, 0.5) is 25.1 Å². The fourth-order valence-electron chi connectivity index (χ4n) is 4.08. The Morgan fingerprint density at radius 3 is 2.72 bits per heavy atom. The van der Waals surface area contributed by atoms with E-state index in [1.54, 1.807) is 4.90 Å². The lowest BCUT2D eigenvalue weighted by Crippen LogP contribution is -2.38. The number of amides is 2. The summed E-state index contributed by atoms with van der Waals surface area (Å²) in [7, 11) is 0. The highest BCUT2D eigenvalue weighted by atomic mass is 79.9. The predicted molar refractivity (Wildman–Crippen MR) is 124 cm³/mol. The van der Waals surface area contributed by atoms with E-state index < -0.39 is 17.7 Å². The summed E-state index contributed by atoms with van der Waals surface area (Å²) in [5, 5.41) is 2.55. The Kier molecular flexibility index (Phi) is 5.42. The monoisotopic (exact) mass is 499 g/mol. The lowest BCUT2D eigenvalue weighted by Gasteiger charge is -2.24. The molecule has 5 rings (SSSR count). The van der Waals surface area contributed by atoms with E-state index in [-0.39, 0.29) is 5.69 Å². The van der Waals surface area contributed by atoms with E-state index in [2.05, 4.69) is 30.5 Å². The van der Waals surface area contributed by atoms with Crippen molar-refractivity contribution in [3.63, 3.8) is 0 Å². The summed E-state index contributed by atoms with van der Waals surface area (Å²) in [6.45, 7) is 2.32. The lowest BCUT2D eigenvalue weighted by molar-refractivity contribution is 0.215. The molecule has 2 amide bonds. The average Bonchev–Trinajstić information content (AvgIpc) is 3.12. The van der Waals surface area contributed by atoms with Gasteiger partial charge in [-0.3, -0.25) is 0 Å². The van der Waals surface area contributed by atoms with Crippen LogP contribution in [0.5, 0.6) is 0 Å². The van der Waals surface area contributed by atoms with Crippen LogP contribution in [0.2, 0.25) is 0 Å². The third-order valence-electron chi connectivity index (χ3n) is 5.66. The van der Waals surface area contributed by atoms with Gasteiger partial charge in [0, 0.05) is 42.9 Å². The fourth-order valence-corrected chi connectivity index (χ4v) is 4.43. The summed E-state index contributed by atoms with van der Waals surface area (Å²) in [5.41, 5.74) is 2.87. The van der Waals surface area contributed by atoms with Gasteiger partial charge < -0.3 is 19.5 Å². The molecule has 0 saturated carbocycles. The van der Waals surface area contributed by atoms with Crippen LogP contribution in [0.15, 0.2) is 59.2 Å². The Bertz CT molecular complexity index is 1320. The molecule has 164 valence electrons. The van der Waals surface area contributed by atoms with Crippen LogP contribution in [-0.2, 0) is 0 Å². The van der Waals surface area contributed by atoms with E-state index in [1.165, 1.54) is 6.07 Å². The summed E-state index contributed by atoms with van der Waals surface area (Å²) in [5.74, 6) is -0.609. The number of hydrogen-bond donors (Lipinski definition) is 1. The molecule has 0 radical (unpaired) electrons. The first-order valence-corrected chi connectivity index (χ1v) is 11.1. The van der Waals surface area contributed by atoms with Crippen LogP contribution in [0.25, 0.3) is 16.6 Å². The predicted octanol–water partition coefficient (Wildman–Crippen LogP) is 5.27. The number of nitrogens with zero attached hydrogens (tertiary/aromatic N) is 4. The van der Waals surface area contributed by atoms with Crippen LogP contribution in [0.3, 0.4) is 0 Å². The molecule has 9 heteroatoms. The van der Waals surface area contributed by atoms with Gasteiger partial charge in [-0.1, -0.05) is 15.9 Å². The van der Waals surface area contributed by atoms with Crippen molar-refractivity contribution in [2.24, 2.45) is 0 Å². The van der Waals surface area contributed by atoms with Crippen LogP contribution in [0, 0.1) is 11.6 Å². The Morgan fingerprint density at radius 1 is 1.00 bits per heavy atom. The number of halogens is 3. The van der Waals surface area contributed by atoms with Gasteiger partial charge in [0.2, 0.25) is 0 Å². The van der Waals surface area contributed by atoms with Crippen molar-refractivity contribution in [2.75, 3.05) is 36.4 Å². The van der Waals surface area contributed by atoms with Gasteiger partial charge in [0.25, 0.3) is 0 Å². The molecule has 6 nitrogen and oxygen atoms in total. The first kappa shape index (κ1) is 20.7. The summed E-state index contributed by atoms with van der Waals surface area (Å²) < 4.78 is 30.1. The molecular weight excluding hydrogens is 480 g/mol. The second-order valence-corrected chi connectivity index (χ2v) is 8.63. The van der Waals surface area contributed by atoms with E-state index in [0.29, 0.717) is 19.6 Å². The molecule has 3 heterocycles. The van der Waals surface area contributed by atoms with E-state index in [1.807, 2.05) is 36.5 Å². The van der Waals surface area contributed by atoms with Gasteiger partial charge in [0.15, 0.2) is 5.82 Å². The molecule has 0 spiro atoms. The van der Waals surface area contributed by atoms with Crippen molar-refractivity contribution in [1.29, 1.82) is 0 Å². The van der Waals surface area contributed by atoms with Gasteiger partial charge in [0.05, 0.1) is 22.2 Å². The molecule has 0 aliphatic carbocycles. The number of benzene rings is 2. The van der Waals surface area contributed by atoms with E-state index in [4.69, 9.17) is 4.98 Å². The normalized spacial score (nSPS) is 14.7. The van der Waals surface area contributed by atoms with Crippen molar-refractivity contribution in [3.8, 4) is 0 Å². The van der Waals surface area contributed by atoms with Gasteiger partial charge in [-0.15, -0.1) is 0 Å². The molecule has 32 heavy (non-hydrogen) atoms. The highest BCUT2D eigenvalue weighted by molar-refractivity contribution is 9.10. The van der Waals surface area contributed by atoms with Crippen LogP contribution < -0.4 is 10.2 Å². The number of hydrogen-bond acceptors (Lipinski definition) is 3. The van der Waals surface area contributed by atoms with Crippen molar-refractivity contribution in [3.05, 3.63) is 70.8 Å². The quantitative estimate of drug-likeness (QED) is 0.408. The second kappa shape index (κ2) is 8.38. The molecule has 2 aromatic heterocycles. The number of rotatable bonds is 2. The molecular formula is C23H20BrF2N5O. The van der Waals surface area contributed by atoms with Gasteiger partial charge in [-0.2, -0.15) is 0 Å². The second-order valence-electron chi connectivity index (χ2n) is 7.71. The number of aromatic nitrogens is 2. The first-order valence-electron chi connectivity index (χ1n) is 10.3. The Labute approximate surface area is 191 Å². The van der Waals surface area contributed by atoms with Crippen molar-refractivity contribution < 1.29 is 13.6 Å². The highest BCUT2D eigenvalue weighted by Crippen LogP contribution is 2.28. The maximum absolute atomic E-state index is 13.9. The average molecular weight is 500 g/mol. The third-order valence-corrected chi connectivity index (χ3v) is 6.15. The Morgan fingerprint density at radius 2 is 1.88 bits per heavy atom. The molecule has 2 aromatic carbocycles. The zero-order valence-corrected chi connectivity index (χ0v) is 18.6. The SMILES string of the molecule is O=C(Nc1ccc(F)cc1F)N1CCCN(c2nc3cc(Br)ccc3n3cccc23)CC1. The van der Waals surface area contributed by atoms with E-state index in [0.717, 1.165) is 51.9 Å². The van der Waals surface area contributed by atoms with Gasteiger partial charge in [-0.05, 0) is 48.9 Å². The topological polar surface area (TPSA) is 52.9 Å². The molecule has 0 bridgehead atoms. The minimum Gasteiger partial charge on any atom is -0.353 e. The van der Waals surface area contributed by atoms with Gasteiger partial charge in [0.1, 0.15) is 11.6 Å². The van der Waals surface area contributed by atoms with Gasteiger partial charge >= 0.3 is 6.03 Å². The number of carbonyl (C=O) groups is 1. The van der Waals surface area contributed by atoms with Crippen molar-refractivity contribution in [1.82, 2.24) is 14.3 Å². The minimum absolute atomic E-state index is 0.0332. The van der Waals surface area contributed by atoms with Crippen LogP contribution >= 0.6 is 15.9 Å². The van der Waals surface area contributed by atoms with E-state index >= 15 is 0 Å². The van der Waals surface area contributed by atoms with E-state index in [9.17, 15) is 13.6 Å². The zero-order chi connectivity index (χ0) is 22.2. The molecule has 1 fully saturated rings. The number of nitrogens with one attached hydrogen (secondary N) is 1. The molecule has 1 aliphatic rings. The molecule has 4 aromatic rings. The molecule has 0 atom stereocenters. The molecule has 1 aliphatic heterocycles. The van der Waals surface area contributed by atoms with Crippen LogP contribution in [0.1, 0.15) is 6.42 Å². The summed E-state index contributed by atoms with van der Waals surface area (Å²) >= 11 is 3.52. The number of anilines is 2. The van der Waals surface area contributed by atoms with Crippen molar-refractivity contribution in [2.45, 2.75) is 6.42 Å². The fraction of sp³-hybridized carbons (Fsp3) is 0.217. The maximum Gasteiger partial charge on any atom is 0.321 e. The highest BCUT2D eigenvalue weighted by Gasteiger charge is 2.22. The summed E-state index contributed by atoms with van der Waals surface area (Å²) in [6, 6.07) is 12.8. The Balaban J connectivity index is 1.37. The lowest BCUT2D eigenvalue weighted by atomic mass is 10.3. The zero-order valence-electron chi connectivity index (χ0n) is 17.1. The summed E-state index contributed by atoms with van der Waals surface area (Å²) in [6.07, 6.45) is 2.76. The van der Waals surface area contributed by atoms with Crippen LogP contribution in [-0.4, -0.2) is 46.5 Å². The standard InChI is InChI=1S/C23H20BrF2N5O/c24-15-4-7-20-19(13-15)27-22(21-3-1-10-31(20)21)29-8-2-9-30(12-11-29)23(32)28-18-6-5-16(25)14-17(18)26/h1,3-7,10,13-14H,2,8-9,11-12H2,(H,28,32). The smallest absolute Gasteiger partial charge is 0.321 e. The number of urea groups is 1. The Hall–Kier alpha value is -3.20. The molecule has 0 unspecified atom stereocenters. The number of carbonyl (C=O) groups excluding carboxylic acids is 1. The third kappa shape index (κ3) is 3.88. The molecule has 1 N–H and O–H groups in total. The largest absolute Gasteiger partial charge is 0.353 e. The number of fused-ring (bicyclic) bond motifs is 3. The maximum atomic E-state index is 13.9. The first-order chi connectivity index (χ1) is 15.5. The van der Waals surface area contributed by atoms with Crippen molar-refractivity contribution >= 4 is 50.0 Å². The minimum atomic E-state index is -0.794. The summed E-state index contributed by atoms with van der Waals surface area (Å²) in [4.78, 5) is 21.5. The van der Waals surface area contributed by atoms with Gasteiger partial charge in [-0.25, -0.2) is 18.6 Å².